The van der Waals surface area contributed by atoms with Crippen LogP contribution in [0.25, 0.3) is 12.2 Å². The molecule has 2 fully saturated rings. The molecule has 2 aliphatic heterocycles. The van der Waals surface area contributed by atoms with Gasteiger partial charge in [0, 0.05) is 12.7 Å². The van der Waals surface area contributed by atoms with Crippen LogP contribution in [0.15, 0.2) is 59.5 Å². The molecule has 2 heterocycles. The van der Waals surface area contributed by atoms with Crippen LogP contribution in [-0.2, 0) is 19.7 Å². The van der Waals surface area contributed by atoms with Crippen LogP contribution in [-0.4, -0.2) is 40.4 Å². The van der Waals surface area contributed by atoms with Crippen molar-refractivity contribution in [3.8, 4) is 5.75 Å². The number of nitrogens with zero attached hydrogens (tertiary/aromatic N) is 1. The lowest BCUT2D eigenvalue weighted by Gasteiger charge is -2.18. The molecule has 1 atom stereocenters. The Morgan fingerprint density at radius 3 is 2.46 bits per heavy atom. The van der Waals surface area contributed by atoms with Crippen LogP contribution in [0.4, 0.5) is 0 Å². The summed E-state index contributed by atoms with van der Waals surface area (Å²) >= 11 is 6.70. The molecule has 2 aliphatic rings. The van der Waals surface area contributed by atoms with Crippen LogP contribution in [0.2, 0.25) is 0 Å². The topological polar surface area (TPSA) is 55.8 Å². The normalized spacial score (nSPS) is 19.8. The second-order valence-corrected chi connectivity index (χ2v) is 11.3. The molecule has 1 unspecified atom stereocenters. The van der Waals surface area contributed by atoms with Gasteiger partial charge < -0.3 is 9.47 Å². The highest BCUT2D eigenvalue weighted by Crippen LogP contribution is 2.33. The average molecular weight is 508 g/mol. The monoisotopic (exact) mass is 507 g/mol. The summed E-state index contributed by atoms with van der Waals surface area (Å²) in [5.74, 6) is -0.106. The van der Waals surface area contributed by atoms with E-state index in [-0.39, 0.29) is 17.4 Å². The maximum atomic E-state index is 12.8. The van der Waals surface area contributed by atoms with Crippen molar-refractivity contribution >= 4 is 52.3 Å². The summed E-state index contributed by atoms with van der Waals surface area (Å²) < 4.78 is 11.6. The first kappa shape index (κ1) is 25.4. The Morgan fingerprint density at radius 2 is 1.83 bits per heavy atom. The minimum Gasteiger partial charge on any atom is -0.423 e. The largest absolute Gasteiger partial charge is 0.423 e. The lowest BCUT2D eigenvalue weighted by atomic mass is 9.87. The van der Waals surface area contributed by atoms with E-state index in [1.54, 1.807) is 23.1 Å². The number of ether oxygens (including phenoxy) is 2. The summed E-state index contributed by atoms with van der Waals surface area (Å²) in [6.07, 6.45) is 6.99. The molecule has 0 aliphatic carbocycles. The highest BCUT2D eigenvalue weighted by molar-refractivity contribution is 8.26. The number of thioether (sulfide) groups is 1. The van der Waals surface area contributed by atoms with Gasteiger partial charge in [-0.3, -0.25) is 9.69 Å². The Hall–Kier alpha value is -2.74. The summed E-state index contributed by atoms with van der Waals surface area (Å²) in [6, 6.07) is 15.2. The predicted molar refractivity (Wildman–Crippen MR) is 145 cm³/mol. The van der Waals surface area contributed by atoms with Crippen molar-refractivity contribution in [2.24, 2.45) is 0 Å². The third-order valence-electron chi connectivity index (χ3n) is 5.87. The zero-order valence-electron chi connectivity index (χ0n) is 20.2. The van der Waals surface area contributed by atoms with Crippen molar-refractivity contribution in [2.75, 3.05) is 13.2 Å². The summed E-state index contributed by atoms with van der Waals surface area (Å²) in [5, 5.41) is 0. The third kappa shape index (κ3) is 6.69. The Kier molecular flexibility index (Phi) is 7.89. The van der Waals surface area contributed by atoms with Crippen LogP contribution in [0.3, 0.4) is 0 Å². The lowest BCUT2D eigenvalue weighted by molar-refractivity contribution is -0.129. The molecule has 2 aromatic carbocycles. The van der Waals surface area contributed by atoms with E-state index in [0.29, 0.717) is 21.5 Å². The molecule has 35 heavy (non-hydrogen) atoms. The Bertz CT molecular complexity index is 1150. The van der Waals surface area contributed by atoms with Crippen molar-refractivity contribution in [2.45, 2.75) is 45.1 Å². The van der Waals surface area contributed by atoms with Gasteiger partial charge in [-0.1, -0.05) is 81.1 Å². The van der Waals surface area contributed by atoms with Gasteiger partial charge in [-0.25, -0.2) is 4.79 Å². The number of hydrogen-bond donors (Lipinski definition) is 0. The number of esters is 1. The Morgan fingerprint density at radius 1 is 1.14 bits per heavy atom. The average Bonchev–Trinajstić information content (AvgIpc) is 3.43. The van der Waals surface area contributed by atoms with Gasteiger partial charge >= 0.3 is 5.97 Å². The fraction of sp³-hybridized carbons (Fsp3) is 0.321. The van der Waals surface area contributed by atoms with E-state index in [4.69, 9.17) is 21.7 Å². The van der Waals surface area contributed by atoms with E-state index in [1.165, 1.54) is 23.4 Å². The van der Waals surface area contributed by atoms with E-state index >= 15 is 0 Å². The Labute approximate surface area is 216 Å². The second-order valence-electron chi connectivity index (χ2n) is 9.62. The molecule has 0 bridgehead atoms. The van der Waals surface area contributed by atoms with Gasteiger partial charge in [-0.2, -0.15) is 0 Å². The second kappa shape index (κ2) is 10.9. The van der Waals surface area contributed by atoms with Crippen LogP contribution in [0.5, 0.6) is 5.75 Å². The van der Waals surface area contributed by atoms with Gasteiger partial charge in [0.15, 0.2) is 0 Å². The first-order chi connectivity index (χ1) is 16.7. The van der Waals surface area contributed by atoms with Crippen LogP contribution in [0.1, 0.15) is 50.3 Å². The molecule has 2 aromatic rings. The van der Waals surface area contributed by atoms with Crippen molar-refractivity contribution in [3.05, 3.63) is 76.2 Å². The molecule has 7 heteroatoms. The molecule has 0 radical (unpaired) electrons. The maximum Gasteiger partial charge on any atom is 0.336 e. The van der Waals surface area contributed by atoms with E-state index in [0.717, 1.165) is 30.6 Å². The number of carbonyl (C=O) groups excluding carboxylic acids is 2. The zero-order valence-corrected chi connectivity index (χ0v) is 21.8. The molecule has 1 amide bonds. The molecule has 4 rings (SSSR count). The smallest absolute Gasteiger partial charge is 0.336 e. The SMILES string of the molecule is CC(C)(C)c1ccc(/C=C/C(=O)Oc2ccc(/C=C3\SC(=S)N(CC4CCCO4)C3=O)cc2)cc1. The van der Waals surface area contributed by atoms with Gasteiger partial charge in [0.2, 0.25) is 0 Å². The molecule has 2 saturated heterocycles. The van der Waals surface area contributed by atoms with Crippen molar-refractivity contribution in [1.82, 2.24) is 4.90 Å². The van der Waals surface area contributed by atoms with Gasteiger partial charge in [0.25, 0.3) is 5.91 Å². The summed E-state index contributed by atoms with van der Waals surface area (Å²) in [4.78, 5) is 27.2. The number of amides is 1. The summed E-state index contributed by atoms with van der Waals surface area (Å²) in [5.41, 5.74) is 3.09. The molecule has 182 valence electrons. The molecule has 0 saturated carbocycles. The summed E-state index contributed by atoms with van der Waals surface area (Å²) in [6.45, 7) is 7.74. The molecular weight excluding hydrogens is 478 g/mol. The zero-order chi connectivity index (χ0) is 25.0. The highest BCUT2D eigenvalue weighted by atomic mass is 32.2. The van der Waals surface area contributed by atoms with Crippen LogP contribution >= 0.6 is 24.0 Å². The van der Waals surface area contributed by atoms with Crippen LogP contribution in [0, 0.1) is 0 Å². The lowest BCUT2D eigenvalue weighted by Crippen LogP contribution is -2.35. The van der Waals surface area contributed by atoms with Crippen molar-refractivity contribution in [3.63, 3.8) is 0 Å². The Balaban J connectivity index is 1.33. The quantitative estimate of drug-likeness (QED) is 0.207. The first-order valence-electron chi connectivity index (χ1n) is 11.7. The minimum absolute atomic E-state index is 0.0581. The minimum atomic E-state index is -0.451. The van der Waals surface area contributed by atoms with Gasteiger partial charge in [0.05, 0.1) is 17.6 Å². The number of benzene rings is 2. The van der Waals surface area contributed by atoms with E-state index < -0.39 is 5.97 Å². The van der Waals surface area contributed by atoms with Crippen molar-refractivity contribution < 1.29 is 19.1 Å². The first-order valence-corrected chi connectivity index (χ1v) is 12.9. The van der Waals surface area contributed by atoms with Gasteiger partial charge in [0.1, 0.15) is 10.1 Å². The fourth-order valence-corrected chi connectivity index (χ4v) is 5.12. The predicted octanol–water partition coefficient (Wildman–Crippen LogP) is 5.98. The maximum absolute atomic E-state index is 12.8. The molecular formula is C28H29NO4S2. The standard InChI is InChI=1S/C28H29NO4S2/c1-28(2,3)21-11-6-19(7-12-21)10-15-25(30)33-22-13-8-20(9-14-22)17-24-26(31)29(27(34)35-24)18-23-5-4-16-32-23/h6-15,17,23H,4-5,16,18H2,1-3H3/b15-10+,24-17-. The number of thiocarbonyl (C=S) groups is 1. The molecule has 0 spiro atoms. The van der Waals surface area contributed by atoms with Crippen LogP contribution < -0.4 is 4.74 Å². The molecule has 0 N–H and O–H groups in total. The number of rotatable bonds is 6. The van der Waals surface area contributed by atoms with Crippen molar-refractivity contribution in [1.29, 1.82) is 0 Å². The summed E-state index contributed by atoms with van der Waals surface area (Å²) in [7, 11) is 0. The van der Waals surface area contributed by atoms with Gasteiger partial charge in [-0.15, -0.1) is 0 Å². The van der Waals surface area contributed by atoms with Gasteiger partial charge in [-0.05, 0) is 59.2 Å². The molecule has 0 aromatic heterocycles. The van der Waals surface area contributed by atoms with E-state index in [2.05, 4.69) is 32.9 Å². The fourth-order valence-electron chi connectivity index (χ4n) is 3.84. The third-order valence-corrected chi connectivity index (χ3v) is 7.25. The number of hydrogen-bond acceptors (Lipinski definition) is 6. The highest BCUT2D eigenvalue weighted by Gasteiger charge is 2.34. The van der Waals surface area contributed by atoms with E-state index in [9.17, 15) is 9.59 Å². The number of carbonyl (C=O) groups is 2. The molecule has 5 nitrogen and oxygen atoms in total. The van der Waals surface area contributed by atoms with E-state index in [1.807, 2.05) is 30.3 Å².